The lowest BCUT2D eigenvalue weighted by atomic mass is 10.2. The topological polar surface area (TPSA) is 29.3 Å². The molecule has 0 spiro atoms. The van der Waals surface area contributed by atoms with Crippen LogP contribution in [0.5, 0.6) is 0 Å². The summed E-state index contributed by atoms with van der Waals surface area (Å²) >= 11 is 4.48. The summed E-state index contributed by atoms with van der Waals surface area (Å²) in [5.41, 5.74) is 2.80. The van der Waals surface area contributed by atoms with Gasteiger partial charge >= 0.3 is 0 Å². The number of rotatable bonds is 2. The van der Waals surface area contributed by atoms with Crippen molar-refractivity contribution in [3.8, 4) is 0 Å². The first-order chi connectivity index (χ1) is 6.68. The largest absolute Gasteiger partial charge is 0.443 e. The quantitative estimate of drug-likeness (QED) is 0.606. The summed E-state index contributed by atoms with van der Waals surface area (Å²) in [5, 5.41) is 0.0875. The normalized spacial score (nSPS) is 13.7. The number of hydrogen-bond donors (Lipinski definition) is 1. The minimum Gasteiger partial charge on any atom is -0.443 e. The van der Waals surface area contributed by atoms with Crippen molar-refractivity contribution >= 4 is 23.7 Å². The van der Waals surface area contributed by atoms with Crippen molar-refractivity contribution in [1.29, 1.82) is 0 Å². The Morgan fingerprint density at radius 3 is 2.93 bits per heavy atom. The van der Waals surface area contributed by atoms with Crippen molar-refractivity contribution in [2.45, 2.75) is 5.37 Å². The van der Waals surface area contributed by atoms with Gasteiger partial charge in [-0.2, -0.15) is 12.6 Å². The van der Waals surface area contributed by atoms with E-state index in [-0.39, 0.29) is 5.37 Å². The zero-order valence-electron chi connectivity index (χ0n) is 8.14. The van der Waals surface area contributed by atoms with Gasteiger partial charge < -0.3 is 4.42 Å². The van der Waals surface area contributed by atoms with Crippen LogP contribution in [0.1, 0.15) is 10.9 Å². The molecule has 0 fully saturated rings. The molecule has 0 aliphatic rings. The van der Waals surface area contributed by atoms with Crippen LogP contribution < -0.4 is 0 Å². The fraction of sp³-hybridized carbons (Fsp3) is 0.300. The van der Waals surface area contributed by atoms with E-state index in [1.165, 1.54) is 6.39 Å². The molecular formula is C10H12N2OS. The van der Waals surface area contributed by atoms with Crippen molar-refractivity contribution in [2.75, 3.05) is 14.1 Å². The molecule has 2 rings (SSSR count). The predicted molar refractivity (Wildman–Crippen MR) is 59.4 cm³/mol. The van der Waals surface area contributed by atoms with Crippen LogP contribution in [-0.2, 0) is 0 Å². The highest BCUT2D eigenvalue weighted by molar-refractivity contribution is 7.80. The predicted octanol–water partition coefficient (Wildman–Crippen LogP) is 2.32. The SMILES string of the molecule is CN(C)C(S)c1ccc2ncoc2c1. The average Bonchev–Trinajstić information content (AvgIpc) is 2.62. The van der Waals surface area contributed by atoms with Gasteiger partial charge in [0.15, 0.2) is 12.0 Å². The molecule has 0 N–H and O–H groups in total. The second-order valence-electron chi connectivity index (χ2n) is 3.42. The van der Waals surface area contributed by atoms with Crippen LogP contribution in [-0.4, -0.2) is 24.0 Å². The van der Waals surface area contributed by atoms with Crippen LogP contribution in [0.4, 0.5) is 0 Å². The Bertz CT molecular complexity index is 438. The molecule has 0 amide bonds. The van der Waals surface area contributed by atoms with Crippen molar-refractivity contribution < 1.29 is 4.42 Å². The first kappa shape index (κ1) is 9.55. The third-order valence-electron chi connectivity index (χ3n) is 2.14. The summed E-state index contributed by atoms with van der Waals surface area (Å²) in [5.74, 6) is 0. The van der Waals surface area contributed by atoms with Crippen LogP contribution >= 0.6 is 12.6 Å². The molecule has 0 radical (unpaired) electrons. The Kier molecular flexibility index (Phi) is 2.48. The summed E-state index contributed by atoms with van der Waals surface area (Å²) in [6.07, 6.45) is 1.46. The number of nitrogens with zero attached hydrogens (tertiary/aromatic N) is 2. The lowest BCUT2D eigenvalue weighted by Crippen LogP contribution is -2.14. The third kappa shape index (κ3) is 1.63. The van der Waals surface area contributed by atoms with Crippen molar-refractivity contribution in [3.63, 3.8) is 0 Å². The van der Waals surface area contributed by atoms with E-state index in [2.05, 4.69) is 17.6 Å². The molecular weight excluding hydrogens is 196 g/mol. The Balaban J connectivity index is 2.43. The lowest BCUT2D eigenvalue weighted by molar-refractivity contribution is 0.393. The van der Waals surface area contributed by atoms with Crippen LogP contribution in [0.3, 0.4) is 0 Å². The standard InChI is InChI=1S/C10H12N2OS/c1-12(2)10(14)7-3-4-8-9(5-7)13-6-11-8/h3-6,10,14H,1-2H3. The molecule has 74 valence electrons. The Morgan fingerprint density at radius 1 is 1.43 bits per heavy atom. The van der Waals surface area contributed by atoms with Gasteiger partial charge in [0.2, 0.25) is 0 Å². The molecule has 0 aliphatic heterocycles. The molecule has 14 heavy (non-hydrogen) atoms. The van der Waals surface area contributed by atoms with Crippen molar-refractivity contribution in [3.05, 3.63) is 30.2 Å². The van der Waals surface area contributed by atoms with E-state index >= 15 is 0 Å². The second kappa shape index (κ2) is 3.63. The first-order valence-electron chi connectivity index (χ1n) is 4.36. The first-order valence-corrected chi connectivity index (χ1v) is 4.88. The van der Waals surface area contributed by atoms with Gasteiger partial charge in [0.05, 0.1) is 5.37 Å². The molecule has 0 bridgehead atoms. The van der Waals surface area contributed by atoms with Crippen LogP contribution in [0.25, 0.3) is 11.1 Å². The number of fused-ring (bicyclic) bond motifs is 1. The highest BCUT2D eigenvalue weighted by Crippen LogP contribution is 2.25. The molecule has 0 saturated heterocycles. The summed E-state index contributed by atoms with van der Waals surface area (Å²) in [4.78, 5) is 6.09. The van der Waals surface area contributed by atoms with Crippen LogP contribution in [0.15, 0.2) is 29.0 Å². The molecule has 1 heterocycles. The second-order valence-corrected chi connectivity index (χ2v) is 3.91. The fourth-order valence-corrected chi connectivity index (χ4v) is 1.49. The van der Waals surface area contributed by atoms with E-state index in [0.717, 1.165) is 16.7 Å². The van der Waals surface area contributed by atoms with E-state index in [1.54, 1.807) is 0 Å². The Labute approximate surface area is 88.1 Å². The maximum atomic E-state index is 5.22. The highest BCUT2D eigenvalue weighted by atomic mass is 32.1. The van der Waals surface area contributed by atoms with Gasteiger partial charge in [-0.1, -0.05) is 6.07 Å². The van der Waals surface area contributed by atoms with Gasteiger partial charge in [-0.15, -0.1) is 0 Å². The summed E-state index contributed by atoms with van der Waals surface area (Å²) in [6, 6.07) is 5.93. The highest BCUT2D eigenvalue weighted by Gasteiger charge is 2.10. The smallest absolute Gasteiger partial charge is 0.181 e. The van der Waals surface area contributed by atoms with Crippen molar-refractivity contribution in [2.24, 2.45) is 0 Å². The van der Waals surface area contributed by atoms with Crippen molar-refractivity contribution in [1.82, 2.24) is 9.88 Å². The van der Waals surface area contributed by atoms with Gasteiger partial charge in [0.25, 0.3) is 0 Å². The molecule has 1 aromatic carbocycles. The Morgan fingerprint density at radius 2 is 2.21 bits per heavy atom. The van der Waals surface area contributed by atoms with E-state index in [0.29, 0.717) is 0 Å². The summed E-state index contributed by atoms with van der Waals surface area (Å²) in [6.45, 7) is 0. The average molecular weight is 208 g/mol. The molecule has 0 aliphatic carbocycles. The molecule has 4 heteroatoms. The van der Waals surface area contributed by atoms with Crippen LogP contribution in [0, 0.1) is 0 Å². The van der Waals surface area contributed by atoms with Gasteiger partial charge in [-0.25, -0.2) is 4.98 Å². The van der Waals surface area contributed by atoms with Gasteiger partial charge in [-0.3, -0.25) is 4.90 Å². The molecule has 1 unspecified atom stereocenters. The number of hydrogen-bond acceptors (Lipinski definition) is 4. The van der Waals surface area contributed by atoms with E-state index in [4.69, 9.17) is 4.42 Å². The lowest BCUT2D eigenvalue weighted by Gasteiger charge is -2.18. The minimum atomic E-state index is 0.0875. The summed E-state index contributed by atoms with van der Waals surface area (Å²) < 4.78 is 5.22. The zero-order chi connectivity index (χ0) is 10.1. The van der Waals surface area contributed by atoms with E-state index in [1.807, 2.05) is 37.2 Å². The number of thiol groups is 1. The fourth-order valence-electron chi connectivity index (χ4n) is 1.33. The number of oxazole rings is 1. The monoisotopic (exact) mass is 208 g/mol. The van der Waals surface area contributed by atoms with Gasteiger partial charge in [0.1, 0.15) is 5.52 Å². The molecule has 1 atom stereocenters. The Hall–Kier alpha value is -1.00. The number of benzene rings is 1. The van der Waals surface area contributed by atoms with Gasteiger partial charge in [0, 0.05) is 0 Å². The molecule has 3 nitrogen and oxygen atoms in total. The van der Waals surface area contributed by atoms with Gasteiger partial charge in [-0.05, 0) is 31.8 Å². The minimum absolute atomic E-state index is 0.0875. The maximum Gasteiger partial charge on any atom is 0.181 e. The number of aromatic nitrogens is 1. The van der Waals surface area contributed by atoms with Crippen LogP contribution in [0.2, 0.25) is 0 Å². The summed E-state index contributed by atoms with van der Waals surface area (Å²) in [7, 11) is 3.98. The maximum absolute atomic E-state index is 5.22. The molecule has 0 saturated carbocycles. The zero-order valence-corrected chi connectivity index (χ0v) is 9.03. The third-order valence-corrected chi connectivity index (χ3v) is 2.90. The van der Waals surface area contributed by atoms with E-state index in [9.17, 15) is 0 Å². The molecule has 1 aromatic heterocycles. The molecule has 2 aromatic rings. The van der Waals surface area contributed by atoms with E-state index < -0.39 is 0 Å².